The van der Waals surface area contributed by atoms with Gasteiger partial charge in [0.15, 0.2) is 16.1 Å². The summed E-state index contributed by atoms with van der Waals surface area (Å²) in [7, 11) is -3.61. The lowest BCUT2D eigenvalue weighted by atomic mass is 9.90. The number of hydrogen-bond acceptors (Lipinski definition) is 7. The molecule has 0 amide bonds. The van der Waals surface area contributed by atoms with E-state index in [-0.39, 0.29) is 22.6 Å². The van der Waals surface area contributed by atoms with Crippen LogP contribution in [0.2, 0.25) is 0 Å². The van der Waals surface area contributed by atoms with Crippen molar-refractivity contribution in [2.24, 2.45) is 5.92 Å². The Morgan fingerprint density at radius 2 is 1.29 bits per heavy atom. The third kappa shape index (κ3) is 8.27. The van der Waals surface area contributed by atoms with Gasteiger partial charge in [0, 0.05) is 32.6 Å². The molecule has 0 aliphatic heterocycles. The van der Waals surface area contributed by atoms with Crippen LogP contribution in [0.1, 0.15) is 23.1 Å². The van der Waals surface area contributed by atoms with Crippen molar-refractivity contribution in [2.45, 2.75) is 54.1 Å². The zero-order chi connectivity index (χ0) is 30.2. The summed E-state index contributed by atoms with van der Waals surface area (Å²) in [4.78, 5) is 0.200. The monoisotopic (exact) mass is 601 g/mol. The van der Waals surface area contributed by atoms with Gasteiger partial charge in [-0.25, -0.2) is 21.6 Å². The van der Waals surface area contributed by atoms with Crippen LogP contribution in [-0.2, 0) is 35.8 Å². The summed E-state index contributed by atoms with van der Waals surface area (Å²) in [6.07, 6.45) is 0.796. The summed E-state index contributed by atoms with van der Waals surface area (Å²) in [5.41, 5.74) is 2.61. The third-order valence-corrected chi connectivity index (χ3v) is 10.9. The van der Waals surface area contributed by atoms with Gasteiger partial charge in [-0.05, 0) is 62.2 Å². The number of aryl methyl sites for hydroxylation is 2. The smallest absolute Gasteiger partial charge is 0.240 e. The molecule has 0 fully saturated rings. The zero-order valence-electron chi connectivity index (χ0n) is 24.1. The van der Waals surface area contributed by atoms with E-state index in [1.807, 2.05) is 26.0 Å². The average Bonchev–Trinajstić information content (AvgIpc) is 2.95. The molecule has 8 nitrogen and oxygen atoms in total. The molecular formula is C31H39NO7S2. The first-order chi connectivity index (χ1) is 19.4. The molecule has 1 unspecified atom stereocenters. The molecule has 41 heavy (non-hydrogen) atoms. The number of sulfonamides is 1. The van der Waals surface area contributed by atoms with Gasteiger partial charge in [-0.2, -0.15) is 0 Å². The minimum Gasteiger partial charge on any atom is -0.497 e. The second-order valence-corrected chi connectivity index (χ2v) is 13.8. The normalized spacial score (nSPS) is 14.4. The summed E-state index contributed by atoms with van der Waals surface area (Å²) >= 11 is 0. The van der Waals surface area contributed by atoms with Gasteiger partial charge in [-0.3, -0.25) is 0 Å². The Bertz CT molecular complexity index is 1480. The first-order valence-electron chi connectivity index (χ1n) is 13.2. The Morgan fingerprint density at radius 1 is 0.780 bits per heavy atom. The molecule has 0 aliphatic rings. The molecule has 3 atom stereocenters. The van der Waals surface area contributed by atoms with Crippen LogP contribution < -0.4 is 9.46 Å². The minimum atomic E-state index is -4.03. The van der Waals surface area contributed by atoms with E-state index < -0.39 is 43.4 Å². The molecule has 0 aromatic heterocycles. The fraction of sp³-hybridized carbons (Fsp3) is 0.355. The predicted octanol–water partition coefficient (Wildman–Crippen LogP) is 4.86. The van der Waals surface area contributed by atoms with Crippen LogP contribution in [0.4, 0.5) is 0 Å². The summed E-state index contributed by atoms with van der Waals surface area (Å²) < 4.78 is 74.5. The molecule has 1 N–H and O–H groups in total. The molecule has 10 heteroatoms. The summed E-state index contributed by atoms with van der Waals surface area (Å²) in [5.74, 6) is -0.218. The Morgan fingerprint density at radius 3 is 1.76 bits per heavy atom. The molecule has 0 saturated carbocycles. The van der Waals surface area contributed by atoms with Crippen molar-refractivity contribution < 1.29 is 31.0 Å². The number of ether oxygens (including phenoxy) is 3. The predicted molar refractivity (Wildman–Crippen MR) is 160 cm³/mol. The van der Waals surface area contributed by atoms with Crippen LogP contribution in [0, 0.1) is 19.8 Å². The van der Waals surface area contributed by atoms with E-state index in [1.165, 1.54) is 32.4 Å². The van der Waals surface area contributed by atoms with E-state index in [4.69, 9.17) is 14.2 Å². The van der Waals surface area contributed by atoms with Crippen molar-refractivity contribution in [3.8, 4) is 5.75 Å². The Labute approximate surface area is 244 Å². The molecular weight excluding hydrogens is 562 g/mol. The fourth-order valence-corrected chi connectivity index (χ4v) is 7.96. The second-order valence-electron chi connectivity index (χ2n) is 9.94. The topological polar surface area (TPSA) is 108 Å². The fourth-order valence-electron chi connectivity index (χ4n) is 4.70. The Balaban J connectivity index is 2.14. The van der Waals surface area contributed by atoms with Crippen molar-refractivity contribution >= 4 is 19.9 Å². The zero-order valence-corrected chi connectivity index (χ0v) is 25.7. The van der Waals surface area contributed by atoms with Crippen LogP contribution in [0.15, 0.2) is 95.2 Å². The Hall–Kier alpha value is -3.02. The standard InChI is InChI=1S/C31H39NO7S2/c1-7-28(30(21-31(38-5)39-6)40(33,34)26-16-8-22(2)9-17-26)29(20-24-12-14-25(37-4)15-13-24)32-41(35,36)27-18-10-23(3)11-19-27/h7-19,28-32H,1,20-21H2,2-6H3/t28-,29+,30?/m0/s1. The van der Waals surface area contributed by atoms with Crippen LogP contribution in [0.25, 0.3) is 0 Å². The molecule has 3 aromatic rings. The summed E-state index contributed by atoms with van der Waals surface area (Å²) in [6, 6.07) is 19.4. The van der Waals surface area contributed by atoms with Crippen LogP contribution >= 0.6 is 0 Å². The molecule has 0 heterocycles. The van der Waals surface area contributed by atoms with E-state index in [9.17, 15) is 16.8 Å². The van der Waals surface area contributed by atoms with Crippen molar-refractivity contribution in [3.05, 3.63) is 102 Å². The maximum atomic E-state index is 14.2. The van der Waals surface area contributed by atoms with Gasteiger partial charge in [0.05, 0.1) is 22.2 Å². The van der Waals surface area contributed by atoms with Crippen molar-refractivity contribution in [2.75, 3.05) is 21.3 Å². The highest BCUT2D eigenvalue weighted by Gasteiger charge is 2.40. The molecule has 0 aliphatic carbocycles. The van der Waals surface area contributed by atoms with E-state index in [0.29, 0.717) is 5.75 Å². The highest BCUT2D eigenvalue weighted by molar-refractivity contribution is 7.92. The number of hydrogen-bond donors (Lipinski definition) is 1. The number of benzene rings is 3. The van der Waals surface area contributed by atoms with Crippen LogP contribution in [0.3, 0.4) is 0 Å². The lowest BCUT2D eigenvalue weighted by molar-refractivity contribution is -0.107. The lowest BCUT2D eigenvalue weighted by Crippen LogP contribution is -2.48. The quantitative estimate of drug-likeness (QED) is 0.196. The molecule has 3 aromatic carbocycles. The molecule has 0 radical (unpaired) electrons. The van der Waals surface area contributed by atoms with Gasteiger partial charge >= 0.3 is 0 Å². The van der Waals surface area contributed by atoms with Crippen LogP contribution in [-0.4, -0.2) is 55.7 Å². The van der Waals surface area contributed by atoms with Gasteiger partial charge in [-0.15, -0.1) is 6.58 Å². The highest BCUT2D eigenvalue weighted by Crippen LogP contribution is 2.32. The number of rotatable bonds is 15. The number of methoxy groups -OCH3 is 3. The first kappa shape index (κ1) is 32.5. The van der Waals surface area contributed by atoms with E-state index in [2.05, 4.69) is 11.3 Å². The number of sulfone groups is 1. The van der Waals surface area contributed by atoms with Gasteiger partial charge in [0.25, 0.3) is 0 Å². The van der Waals surface area contributed by atoms with E-state index >= 15 is 0 Å². The highest BCUT2D eigenvalue weighted by atomic mass is 32.2. The summed E-state index contributed by atoms with van der Waals surface area (Å²) in [5, 5.41) is -1.13. The van der Waals surface area contributed by atoms with E-state index in [1.54, 1.807) is 55.6 Å². The van der Waals surface area contributed by atoms with Gasteiger partial charge in [0.1, 0.15) is 5.75 Å². The molecule has 222 valence electrons. The van der Waals surface area contributed by atoms with Crippen LogP contribution in [0.5, 0.6) is 5.75 Å². The SMILES string of the molecule is C=C[C@H](C(CC(OC)OC)S(=O)(=O)c1ccc(C)cc1)[C@@H](Cc1ccc(OC)cc1)NS(=O)(=O)c1ccc(C)cc1. The molecule has 0 bridgehead atoms. The summed E-state index contributed by atoms with van der Waals surface area (Å²) in [6.45, 7) is 7.71. The largest absolute Gasteiger partial charge is 0.497 e. The first-order valence-corrected chi connectivity index (χ1v) is 16.2. The van der Waals surface area contributed by atoms with E-state index in [0.717, 1.165) is 16.7 Å². The third-order valence-electron chi connectivity index (χ3n) is 7.12. The van der Waals surface area contributed by atoms with Crippen molar-refractivity contribution in [3.63, 3.8) is 0 Å². The molecule has 0 saturated heterocycles. The number of nitrogens with one attached hydrogen (secondary N) is 1. The molecule has 0 spiro atoms. The maximum Gasteiger partial charge on any atom is 0.240 e. The second kappa shape index (κ2) is 14.2. The lowest BCUT2D eigenvalue weighted by Gasteiger charge is -2.33. The molecule has 3 rings (SSSR count). The van der Waals surface area contributed by atoms with Gasteiger partial charge < -0.3 is 14.2 Å². The Kier molecular flexibility index (Phi) is 11.3. The average molecular weight is 602 g/mol. The van der Waals surface area contributed by atoms with Crippen molar-refractivity contribution in [1.82, 2.24) is 4.72 Å². The van der Waals surface area contributed by atoms with Crippen molar-refractivity contribution in [1.29, 1.82) is 0 Å². The minimum absolute atomic E-state index is 0.0503. The van der Waals surface area contributed by atoms with Gasteiger partial charge in [-0.1, -0.05) is 53.6 Å². The maximum absolute atomic E-state index is 14.2. The van der Waals surface area contributed by atoms with Gasteiger partial charge in [0.2, 0.25) is 10.0 Å².